The van der Waals surface area contributed by atoms with Crippen molar-refractivity contribution >= 4 is 33.6 Å². The summed E-state index contributed by atoms with van der Waals surface area (Å²) in [6.07, 6.45) is 3.23. The molecule has 0 saturated carbocycles. The maximum absolute atomic E-state index is 5.96. The minimum atomic E-state index is 0.281. The van der Waals surface area contributed by atoms with Crippen molar-refractivity contribution < 1.29 is 10.1 Å². The van der Waals surface area contributed by atoms with Crippen LogP contribution in [0.4, 0.5) is 0 Å². The Morgan fingerprint density at radius 2 is 1.90 bits per heavy atom. The van der Waals surface area contributed by atoms with Gasteiger partial charge in [0.2, 0.25) is 0 Å². The van der Waals surface area contributed by atoms with Gasteiger partial charge >= 0.3 is 0 Å². The van der Waals surface area contributed by atoms with Crippen molar-refractivity contribution in [1.29, 1.82) is 0 Å². The second kappa shape index (κ2) is 9.33. The zero-order chi connectivity index (χ0) is 20.1. The summed E-state index contributed by atoms with van der Waals surface area (Å²) in [5, 5.41) is 4.92. The summed E-state index contributed by atoms with van der Waals surface area (Å²) in [6, 6.07) is 21.3. The van der Waals surface area contributed by atoms with Crippen LogP contribution in [0.25, 0.3) is 21.8 Å². The highest BCUT2D eigenvalue weighted by Crippen LogP contribution is 2.28. The van der Waals surface area contributed by atoms with E-state index in [4.69, 9.17) is 9.72 Å². The first-order chi connectivity index (χ1) is 14.3. The lowest BCUT2D eigenvalue weighted by molar-refractivity contribution is -0.712. The fourth-order valence-electron chi connectivity index (χ4n) is 3.84. The zero-order valence-corrected chi connectivity index (χ0v) is 17.8. The molecule has 1 aromatic heterocycles. The molecule has 0 radical (unpaired) electrons. The Bertz CT molecular complexity index is 1060. The minimum Gasteiger partial charge on any atom is -0.493 e. The normalized spacial score (nSPS) is 12.5. The molecule has 1 atom stereocenters. The van der Waals surface area contributed by atoms with Crippen LogP contribution in [0.2, 0.25) is 0 Å². The third-order valence-electron chi connectivity index (χ3n) is 5.30. The fourth-order valence-corrected chi connectivity index (χ4v) is 4.33. The molecule has 150 valence electrons. The molecule has 0 aliphatic heterocycles. The van der Waals surface area contributed by atoms with Gasteiger partial charge in [0, 0.05) is 6.42 Å². The van der Waals surface area contributed by atoms with Gasteiger partial charge in [-0.25, -0.2) is 4.98 Å². The van der Waals surface area contributed by atoms with Crippen LogP contribution in [0.1, 0.15) is 30.8 Å². The maximum Gasteiger partial charge on any atom is 0.165 e. The van der Waals surface area contributed by atoms with Crippen LogP contribution >= 0.6 is 11.8 Å². The largest absolute Gasteiger partial charge is 0.493 e. The van der Waals surface area contributed by atoms with E-state index in [1.54, 1.807) is 0 Å². The summed E-state index contributed by atoms with van der Waals surface area (Å²) < 4.78 is 5.96. The average Bonchev–Trinajstić information content (AvgIpc) is 3.19. The number of para-hydroxylation sites is 2. The van der Waals surface area contributed by atoms with Gasteiger partial charge in [0.05, 0.1) is 23.2 Å². The molecule has 0 spiro atoms. The third kappa shape index (κ3) is 4.41. The number of benzene rings is 3. The van der Waals surface area contributed by atoms with Crippen LogP contribution in [0, 0.1) is 0 Å². The van der Waals surface area contributed by atoms with Crippen LogP contribution in [0.15, 0.2) is 60.7 Å². The van der Waals surface area contributed by atoms with Crippen molar-refractivity contribution in [3.8, 4) is 5.75 Å². The van der Waals surface area contributed by atoms with E-state index in [0.29, 0.717) is 6.61 Å². The molecule has 0 amide bonds. The summed E-state index contributed by atoms with van der Waals surface area (Å²) in [5.41, 5.74) is 3.39. The number of quaternary nitrogens is 1. The maximum atomic E-state index is 5.96. The van der Waals surface area contributed by atoms with Gasteiger partial charge in [-0.1, -0.05) is 42.5 Å². The highest BCUT2D eigenvalue weighted by Gasteiger charge is 2.20. The Labute approximate surface area is 176 Å². The van der Waals surface area contributed by atoms with E-state index >= 15 is 0 Å². The van der Waals surface area contributed by atoms with Crippen molar-refractivity contribution in [1.82, 2.24) is 9.97 Å². The number of aromatic amines is 1. The van der Waals surface area contributed by atoms with Gasteiger partial charge in [-0.05, 0) is 47.9 Å². The topological polar surface area (TPSA) is 54.5 Å². The van der Waals surface area contributed by atoms with Crippen LogP contribution in [0.3, 0.4) is 0 Å². The number of hydrogen-bond donors (Lipinski definition) is 2. The molecule has 0 aliphatic rings. The molecular formula is C24H28N3OS+. The summed E-state index contributed by atoms with van der Waals surface area (Å²) >= 11 is 1.88. The Kier molecular flexibility index (Phi) is 6.37. The van der Waals surface area contributed by atoms with Crippen molar-refractivity contribution in [3.63, 3.8) is 0 Å². The van der Waals surface area contributed by atoms with E-state index in [1.165, 1.54) is 16.3 Å². The molecule has 29 heavy (non-hydrogen) atoms. The van der Waals surface area contributed by atoms with Gasteiger partial charge in [-0.15, -0.1) is 0 Å². The first kappa shape index (κ1) is 19.8. The molecular weight excluding hydrogens is 378 g/mol. The molecule has 4 rings (SSSR count). The second-order valence-electron chi connectivity index (χ2n) is 7.16. The predicted molar refractivity (Wildman–Crippen MR) is 123 cm³/mol. The molecule has 0 unspecified atom stereocenters. The van der Waals surface area contributed by atoms with E-state index in [0.717, 1.165) is 41.3 Å². The van der Waals surface area contributed by atoms with Crippen molar-refractivity contribution in [3.05, 3.63) is 72.1 Å². The van der Waals surface area contributed by atoms with E-state index < -0.39 is 0 Å². The summed E-state index contributed by atoms with van der Waals surface area (Å²) in [7, 11) is 0. The highest BCUT2D eigenvalue weighted by atomic mass is 32.2. The molecule has 4 aromatic rings. The number of aromatic nitrogens is 2. The number of nitrogens with one attached hydrogen (secondary N) is 1. The molecule has 4 nitrogen and oxygen atoms in total. The van der Waals surface area contributed by atoms with Gasteiger partial charge in [0.15, 0.2) is 5.82 Å². The molecule has 3 aromatic carbocycles. The second-order valence-corrected chi connectivity index (χ2v) is 8.15. The van der Waals surface area contributed by atoms with Gasteiger partial charge in [-0.2, -0.15) is 11.8 Å². The van der Waals surface area contributed by atoms with Crippen LogP contribution in [-0.2, 0) is 6.54 Å². The number of nitrogens with two attached hydrogens (primary N) is 1. The number of thioether (sulfide) groups is 1. The van der Waals surface area contributed by atoms with Crippen molar-refractivity contribution in [2.45, 2.75) is 25.9 Å². The van der Waals surface area contributed by atoms with Crippen molar-refractivity contribution in [2.24, 2.45) is 0 Å². The average molecular weight is 407 g/mol. The lowest BCUT2D eigenvalue weighted by atomic mass is 10.0. The Morgan fingerprint density at radius 1 is 1.07 bits per heavy atom. The Hall–Kier alpha value is -2.50. The van der Waals surface area contributed by atoms with E-state index in [1.807, 2.05) is 24.8 Å². The van der Waals surface area contributed by atoms with E-state index in [2.05, 4.69) is 71.2 Å². The molecule has 0 aliphatic carbocycles. The zero-order valence-electron chi connectivity index (χ0n) is 17.0. The standard InChI is InChI=1S/C24H27N3OS/c1-3-28-23-13-12-17-8-4-5-9-18(17)19(23)16-25-22(14-15-29-2)24-26-20-10-6-7-11-21(20)27-24/h4-13,22,25H,3,14-16H2,1-2H3,(H,26,27)/p+1/t22-/m1/s1. The van der Waals surface area contributed by atoms with E-state index in [-0.39, 0.29) is 6.04 Å². The summed E-state index contributed by atoms with van der Waals surface area (Å²) in [4.78, 5) is 8.41. The van der Waals surface area contributed by atoms with Gasteiger partial charge < -0.3 is 15.0 Å². The molecule has 0 bridgehead atoms. The quantitative estimate of drug-likeness (QED) is 0.425. The smallest absolute Gasteiger partial charge is 0.165 e. The van der Waals surface area contributed by atoms with Gasteiger partial charge in [0.1, 0.15) is 18.3 Å². The monoisotopic (exact) mass is 406 g/mol. The number of hydrogen-bond acceptors (Lipinski definition) is 3. The predicted octanol–water partition coefficient (Wildman–Crippen LogP) is 4.67. The minimum absolute atomic E-state index is 0.281. The lowest BCUT2D eigenvalue weighted by Gasteiger charge is -2.16. The Balaban J connectivity index is 1.64. The third-order valence-corrected chi connectivity index (χ3v) is 5.94. The summed E-state index contributed by atoms with van der Waals surface area (Å²) in [5.74, 6) is 3.14. The fraction of sp³-hybridized carbons (Fsp3) is 0.292. The SMILES string of the molecule is CCOc1ccc2ccccc2c1C[NH2+][C@H](CCSC)c1nc2ccccc2[nH]1. The summed E-state index contributed by atoms with van der Waals surface area (Å²) in [6.45, 7) is 3.57. The number of fused-ring (bicyclic) bond motifs is 2. The van der Waals surface area contributed by atoms with Gasteiger partial charge in [-0.3, -0.25) is 0 Å². The number of ether oxygens (including phenoxy) is 1. The number of rotatable bonds is 9. The van der Waals surface area contributed by atoms with E-state index in [9.17, 15) is 0 Å². The molecule has 0 saturated heterocycles. The first-order valence-corrected chi connectivity index (χ1v) is 11.6. The molecule has 0 fully saturated rings. The molecule has 3 N–H and O–H groups in total. The van der Waals surface area contributed by atoms with Crippen LogP contribution < -0.4 is 10.1 Å². The first-order valence-electron chi connectivity index (χ1n) is 10.2. The molecule has 5 heteroatoms. The highest BCUT2D eigenvalue weighted by molar-refractivity contribution is 7.98. The Morgan fingerprint density at radius 3 is 2.72 bits per heavy atom. The van der Waals surface area contributed by atoms with Crippen LogP contribution in [0.5, 0.6) is 5.75 Å². The number of imidazole rings is 1. The lowest BCUT2D eigenvalue weighted by Crippen LogP contribution is -2.84. The van der Waals surface area contributed by atoms with Crippen LogP contribution in [-0.4, -0.2) is 28.6 Å². The molecule has 1 heterocycles. The number of H-pyrrole nitrogens is 1. The number of nitrogens with zero attached hydrogens (tertiary/aromatic N) is 1. The van der Waals surface area contributed by atoms with Crippen molar-refractivity contribution in [2.75, 3.05) is 18.6 Å². The van der Waals surface area contributed by atoms with Gasteiger partial charge in [0.25, 0.3) is 0 Å².